The van der Waals surface area contributed by atoms with Crippen molar-refractivity contribution in [1.29, 1.82) is 0 Å². The third-order valence-corrected chi connectivity index (χ3v) is 5.93. The molecule has 0 unspecified atom stereocenters. The van der Waals surface area contributed by atoms with Crippen LogP contribution in [0, 0.1) is 0 Å². The average Bonchev–Trinajstić information content (AvgIpc) is 3.22. The van der Waals surface area contributed by atoms with Crippen LogP contribution in [0.3, 0.4) is 0 Å². The molecule has 5 rings (SSSR count). The maximum Gasteiger partial charge on any atom is 0.160 e. The second-order valence-corrected chi connectivity index (χ2v) is 7.79. The van der Waals surface area contributed by atoms with E-state index in [0.29, 0.717) is 0 Å². The zero-order chi connectivity index (χ0) is 18.9. The molecule has 0 aliphatic heterocycles. The molecule has 0 saturated heterocycles. The number of fused-ring (bicyclic) bond motifs is 2. The molecule has 1 heterocycles. The number of rotatable bonds is 4. The van der Waals surface area contributed by atoms with Crippen LogP contribution in [0.1, 0.15) is 9.67 Å². The van der Waals surface area contributed by atoms with Crippen molar-refractivity contribution >= 4 is 55.5 Å². The molecule has 0 saturated carbocycles. The smallest absolute Gasteiger partial charge is 0.160 e. The molecular weight excluding hydrogens is 362 g/mol. The van der Waals surface area contributed by atoms with Gasteiger partial charge in [0.15, 0.2) is 6.29 Å². The lowest BCUT2D eigenvalue weighted by Gasteiger charge is -2.24. The number of hydrogen-bond donors (Lipinski definition) is 0. The van der Waals surface area contributed by atoms with Gasteiger partial charge in [-0.2, -0.15) is 0 Å². The van der Waals surface area contributed by atoms with Gasteiger partial charge in [0.25, 0.3) is 0 Å². The van der Waals surface area contributed by atoms with E-state index in [4.69, 9.17) is 0 Å². The highest BCUT2D eigenvalue weighted by atomic mass is 32.1. The van der Waals surface area contributed by atoms with E-state index in [2.05, 4.69) is 89.8 Å². The fraction of sp³-hybridized carbons (Fsp3) is 0. The van der Waals surface area contributed by atoms with E-state index in [1.807, 2.05) is 12.1 Å². The lowest BCUT2D eigenvalue weighted by molar-refractivity contribution is 0.112. The van der Waals surface area contributed by atoms with E-state index in [1.165, 1.54) is 32.9 Å². The first-order chi connectivity index (χ1) is 13.8. The molecule has 134 valence electrons. The topological polar surface area (TPSA) is 20.3 Å². The van der Waals surface area contributed by atoms with Gasteiger partial charge in [-0.15, -0.1) is 11.3 Å². The van der Waals surface area contributed by atoms with Gasteiger partial charge in [0.05, 0.1) is 4.88 Å². The molecule has 0 amide bonds. The maximum absolute atomic E-state index is 11.3. The van der Waals surface area contributed by atoms with Crippen molar-refractivity contribution in [3.05, 3.63) is 102 Å². The standard InChI is InChI=1S/C25H17NOS/c27-17-24-13-14-25(28-24)26(22-11-9-18-5-1-3-7-20(18)15-22)23-12-10-19-6-2-4-8-21(19)16-23/h1-17H. The molecule has 0 fully saturated rings. The molecule has 5 aromatic rings. The summed E-state index contributed by atoms with van der Waals surface area (Å²) in [7, 11) is 0. The summed E-state index contributed by atoms with van der Waals surface area (Å²) in [5, 5.41) is 5.83. The van der Waals surface area contributed by atoms with Gasteiger partial charge in [-0.3, -0.25) is 4.79 Å². The van der Waals surface area contributed by atoms with Gasteiger partial charge in [0, 0.05) is 11.4 Å². The Morgan fingerprint density at radius 2 is 1.14 bits per heavy atom. The van der Waals surface area contributed by atoms with Crippen LogP contribution in [-0.4, -0.2) is 6.29 Å². The number of anilines is 3. The highest BCUT2D eigenvalue weighted by Crippen LogP contribution is 2.40. The second kappa shape index (κ2) is 6.95. The largest absolute Gasteiger partial charge is 0.302 e. The van der Waals surface area contributed by atoms with Crippen LogP contribution in [0.2, 0.25) is 0 Å². The molecule has 4 aromatic carbocycles. The van der Waals surface area contributed by atoms with Gasteiger partial charge < -0.3 is 4.90 Å². The fourth-order valence-corrected chi connectivity index (χ4v) is 4.42. The molecule has 0 bridgehead atoms. The van der Waals surface area contributed by atoms with Crippen molar-refractivity contribution in [2.24, 2.45) is 0 Å². The van der Waals surface area contributed by atoms with Gasteiger partial charge in [0.1, 0.15) is 5.00 Å². The zero-order valence-corrected chi connectivity index (χ0v) is 15.9. The molecule has 0 N–H and O–H groups in total. The summed E-state index contributed by atoms with van der Waals surface area (Å²) < 4.78 is 0. The minimum absolute atomic E-state index is 0.724. The summed E-state index contributed by atoms with van der Waals surface area (Å²) >= 11 is 1.50. The van der Waals surface area contributed by atoms with Crippen molar-refractivity contribution in [3.8, 4) is 0 Å². The molecule has 0 radical (unpaired) electrons. The van der Waals surface area contributed by atoms with Gasteiger partial charge in [0.2, 0.25) is 0 Å². The van der Waals surface area contributed by atoms with Crippen LogP contribution in [0.15, 0.2) is 97.1 Å². The molecule has 0 atom stereocenters. The quantitative estimate of drug-likeness (QED) is 0.305. The Kier molecular flexibility index (Phi) is 4.15. The number of carbonyl (C=O) groups is 1. The van der Waals surface area contributed by atoms with Crippen LogP contribution in [0.25, 0.3) is 21.5 Å². The SMILES string of the molecule is O=Cc1ccc(N(c2ccc3ccccc3c2)c2ccc3ccccc3c2)s1. The highest BCUT2D eigenvalue weighted by Gasteiger charge is 2.15. The first kappa shape index (κ1) is 16.7. The first-order valence-electron chi connectivity index (χ1n) is 9.14. The zero-order valence-electron chi connectivity index (χ0n) is 15.1. The van der Waals surface area contributed by atoms with Crippen molar-refractivity contribution in [1.82, 2.24) is 0 Å². The second-order valence-electron chi connectivity index (χ2n) is 6.69. The normalized spacial score (nSPS) is 11.0. The summed E-state index contributed by atoms with van der Waals surface area (Å²) in [5.74, 6) is 0. The highest BCUT2D eigenvalue weighted by molar-refractivity contribution is 7.17. The Labute approximate surface area is 167 Å². The summed E-state index contributed by atoms with van der Waals surface area (Å²) in [6.07, 6.45) is 0.910. The maximum atomic E-state index is 11.3. The minimum atomic E-state index is 0.724. The molecule has 0 aliphatic carbocycles. The third kappa shape index (κ3) is 2.96. The van der Waals surface area contributed by atoms with E-state index >= 15 is 0 Å². The monoisotopic (exact) mass is 379 g/mol. The van der Waals surface area contributed by atoms with Crippen LogP contribution in [0.4, 0.5) is 16.4 Å². The van der Waals surface area contributed by atoms with Gasteiger partial charge in [-0.1, -0.05) is 60.7 Å². The molecule has 1 aromatic heterocycles. The van der Waals surface area contributed by atoms with Crippen LogP contribution in [-0.2, 0) is 0 Å². The molecule has 3 heteroatoms. The molecule has 0 aliphatic rings. The number of carbonyl (C=O) groups excluding carboxylic acids is 1. The number of thiophene rings is 1. The summed E-state index contributed by atoms with van der Waals surface area (Å²) in [6.45, 7) is 0. The Morgan fingerprint density at radius 1 is 0.607 bits per heavy atom. The third-order valence-electron chi connectivity index (χ3n) is 4.93. The lowest BCUT2D eigenvalue weighted by Crippen LogP contribution is -2.08. The van der Waals surface area contributed by atoms with E-state index in [9.17, 15) is 4.79 Å². The Balaban J connectivity index is 1.71. The van der Waals surface area contributed by atoms with E-state index in [0.717, 1.165) is 27.5 Å². The molecule has 2 nitrogen and oxygen atoms in total. The van der Waals surface area contributed by atoms with Crippen molar-refractivity contribution in [2.75, 3.05) is 4.90 Å². The van der Waals surface area contributed by atoms with E-state index < -0.39 is 0 Å². The van der Waals surface area contributed by atoms with E-state index in [1.54, 1.807) is 0 Å². The lowest BCUT2D eigenvalue weighted by atomic mass is 10.1. The molecular formula is C25H17NOS. The van der Waals surface area contributed by atoms with Crippen molar-refractivity contribution < 1.29 is 4.79 Å². The summed E-state index contributed by atoms with van der Waals surface area (Å²) in [4.78, 5) is 14.2. The number of hydrogen-bond acceptors (Lipinski definition) is 3. The summed E-state index contributed by atoms with van der Waals surface area (Å²) in [5.41, 5.74) is 2.15. The van der Waals surface area contributed by atoms with Gasteiger partial charge in [-0.05, 0) is 57.9 Å². The van der Waals surface area contributed by atoms with Gasteiger partial charge >= 0.3 is 0 Å². The van der Waals surface area contributed by atoms with Crippen LogP contribution < -0.4 is 4.90 Å². The van der Waals surface area contributed by atoms with E-state index in [-0.39, 0.29) is 0 Å². The number of aldehydes is 1. The molecule has 28 heavy (non-hydrogen) atoms. The fourth-order valence-electron chi connectivity index (χ4n) is 3.56. The van der Waals surface area contributed by atoms with Crippen LogP contribution >= 0.6 is 11.3 Å². The Bertz CT molecular complexity index is 1220. The van der Waals surface area contributed by atoms with Crippen molar-refractivity contribution in [2.45, 2.75) is 0 Å². The van der Waals surface area contributed by atoms with Crippen LogP contribution in [0.5, 0.6) is 0 Å². The predicted molar refractivity (Wildman–Crippen MR) is 119 cm³/mol. The minimum Gasteiger partial charge on any atom is -0.302 e. The predicted octanol–water partition coefficient (Wildman–Crippen LogP) is 7.34. The average molecular weight is 379 g/mol. The summed E-state index contributed by atoms with van der Waals surface area (Å²) in [6, 6.07) is 33.6. The first-order valence-corrected chi connectivity index (χ1v) is 9.96. The van der Waals surface area contributed by atoms with Gasteiger partial charge in [-0.25, -0.2) is 0 Å². The Hall–Kier alpha value is -3.43. The number of benzene rings is 4. The molecule has 0 spiro atoms. The number of nitrogens with zero attached hydrogens (tertiary/aromatic N) is 1. The Morgan fingerprint density at radius 3 is 1.64 bits per heavy atom. The van der Waals surface area contributed by atoms with Crippen molar-refractivity contribution in [3.63, 3.8) is 0 Å².